The lowest BCUT2D eigenvalue weighted by Gasteiger charge is -2.15. The third-order valence-corrected chi connectivity index (χ3v) is 4.34. The molecular weight excluding hydrogens is 285 g/mol. The van der Waals surface area contributed by atoms with Crippen LogP contribution < -0.4 is 10.6 Å². The molecule has 112 valence electrons. The van der Waals surface area contributed by atoms with Crippen LogP contribution in [-0.2, 0) is 6.54 Å². The Morgan fingerprint density at radius 1 is 1.24 bits per heavy atom. The van der Waals surface area contributed by atoms with Crippen LogP contribution in [0, 0.1) is 5.82 Å². The molecule has 0 spiro atoms. The Kier molecular flexibility index (Phi) is 5.75. The summed E-state index contributed by atoms with van der Waals surface area (Å²) in [4.78, 5) is 5.50. The van der Waals surface area contributed by atoms with Crippen molar-refractivity contribution in [3.8, 4) is 0 Å². The third kappa shape index (κ3) is 4.56. The lowest BCUT2D eigenvalue weighted by molar-refractivity contribution is 0.604. The number of aliphatic imine (C=N–C) groups is 1. The van der Waals surface area contributed by atoms with Crippen molar-refractivity contribution < 1.29 is 4.39 Å². The molecule has 0 saturated carbocycles. The lowest BCUT2D eigenvalue weighted by atomic mass is 10.1. The third-order valence-electron chi connectivity index (χ3n) is 3.23. The SMILES string of the molecule is CN=C(NCc1ccccc1F)NCC(C)c1cccs1. The highest BCUT2D eigenvalue weighted by Gasteiger charge is 2.08. The molecule has 2 aromatic rings. The van der Waals surface area contributed by atoms with Gasteiger partial charge in [0.15, 0.2) is 5.96 Å². The summed E-state index contributed by atoms with van der Waals surface area (Å²) >= 11 is 1.75. The second kappa shape index (κ2) is 7.78. The molecular formula is C16H20FN3S. The van der Waals surface area contributed by atoms with E-state index in [0.29, 0.717) is 24.0 Å². The summed E-state index contributed by atoms with van der Waals surface area (Å²) in [6, 6.07) is 10.9. The van der Waals surface area contributed by atoms with E-state index in [4.69, 9.17) is 0 Å². The van der Waals surface area contributed by atoms with E-state index in [2.05, 4.69) is 40.1 Å². The molecule has 0 fully saturated rings. The number of halogens is 1. The topological polar surface area (TPSA) is 36.4 Å². The number of hydrogen-bond donors (Lipinski definition) is 2. The van der Waals surface area contributed by atoms with E-state index < -0.39 is 0 Å². The zero-order chi connectivity index (χ0) is 15.1. The van der Waals surface area contributed by atoms with Crippen LogP contribution in [0.1, 0.15) is 23.3 Å². The molecule has 2 rings (SSSR count). The molecule has 0 saturated heterocycles. The van der Waals surface area contributed by atoms with Gasteiger partial charge in [-0.1, -0.05) is 31.2 Å². The average Bonchev–Trinajstić information content (AvgIpc) is 3.03. The van der Waals surface area contributed by atoms with Gasteiger partial charge in [-0.15, -0.1) is 11.3 Å². The second-order valence-electron chi connectivity index (χ2n) is 4.81. The molecule has 1 aromatic carbocycles. The second-order valence-corrected chi connectivity index (χ2v) is 5.79. The fourth-order valence-electron chi connectivity index (χ4n) is 1.96. The summed E-state index contributed by atoms with van der Waals surface area (Å²) in [5.74, 6) is 0.895. The minimum atomic E-state index is -0.201. The van der Waals surface area contributed by atoms with Gasteiger partial charge >= 0.3 is 0 Å². The van der Waals surface area contributed by atoms with Crippen molar-refractivity contribution >= 4 is 17.3 Å². The Morgan fingerprint density at radius 3 is 2.71 bits per heavy atom. The van der Waals surface area contributed by atoms with Gasteiger partial charge in [0.05, 0.1) is 0 Å². The molecule has 1 unspecified atom stereocenters. The van der Waals surface area contributed by atoms with Crippen molar-refractivity contribution in [2.45, 2.75) is 19.4 Å². The van der Waals surface area contributed by atoms with Crippen LogP contribution in [0.15, 0.2) is 46.8 Å². The van der Waals surface area contributed by atoms with Gasteiger partial charge < -0.3 is 10.6 Å². The molecule has 3 nitrogen and oxygen atoms in total. The number of thiophene rings is 1. The van der Waals surface area contributed by atoms with Crippen LogP contribution in [0.4, 0.5) is 4.39 Å². The summed E-state index contributed by atoms with van der Waals surface area (Å²) in [7, 11) is 1.71. The van der Waals surface area contributed by atoms with Crippen LogP contribution in [-0.4, -0.2) is 19.6 Å². The first-order valence-corrected chi connectivity index (χ1v) is 7.80. The highest BCUT2D eigenvalue weighted by Crippen LogP contribution is 2.19. The van der Waals surface area contributed by atoms with E-state index in [0.717, 1.165) is 6.54 Å². The monoisotopic (exact) mass is 305 g/mol. The highest BCUT2D eigenvalue weighted by molar-refractivity contribution is 7.10. The van der Waals surface area contributed by atoms with Gasteiger partial charge in [-0.3, -0.25) is 4.99 Å². The summed E-state index contributed by atoms with van der Waals surface area (Å²) in [5, 5.41) is 8.48. The van der Waals surface area contributed by atoms with E-state index in [1.54, 1.807) is 30.5 Å². The fraction of sp³-hybridized carbons (Fsp3) is 0.312. The van der Waals surface area contributed by atoms with Crippen LogP contribution in [0.25, 0.3) is 0 Å². The zero-order valence-corrected chi connectivity index (χ0v) is 13.1. The number of guanidine groups is 1. The molecule has 0 radical (unpaired) electrons. The Bertz CT molecular complexity index is 581. The zero-order valence-electron chi connectivity index (χ0n) is 12.3. The molecule has 0 aliphatic rings. The van der Waals surface area contributed by atoms with Crippen molar-refractivity contribution in [2.24, 2.45) is 4.99 Å². The van der Waals surface area contributed by atoms with Gasteiger partial charge in [0.1, 0.15) is 5.82 Å². The summed E-state index contributed by atoms with van der Waals surface area (Å²) in [6.07, 6.45) is 0. The normalized spacial score (nSPS) is 13.0. The minimum absolute atomic E-state index is 0.201. The maximum atomic E-state index is 13.5. The highest BCUT2D eigenvalue weighted by atomic mass is 32.1. The molecule has 1 atom stereocenters. The molecule has 1 aromatic heterocycles. The number of nitrogens with zero attached hydrogens (tertiary/aromatic N) is 1. The molecule has 5 heteroatoms. The number of nitrogens with one attached hydrogen (secondary N) is 2. The smallest absolute Gasteiger partial charge is 0.191 e. The van der Waals surface area contributed by atoms with Gasteiger partial charge in [-0.25, -0.2) is 4.39 Å². The van der Waals surface area contributed by atoms with Crippen molar-refractivity contribution in [2.75, 3.05) is 13.6 Å². The first-order valence-electron chi connectivity index (χ1n) is 6.92. The number of hydrogen-bond acceptors (Lipinski definition) is 2. The molecule has 21 heavy (non-hydrogen) atoms. The fourth-order valence-corrected chi connectivity index (χ4v) is 2.75. The Hall–Kier alpha value is -1.88. The van der Waals surface area contributed by atoms with Gasteiger partial charge in [0.25, 0.3) is 0 Å². The molecule has 1 heterocycles. The summed E-state index contributed by atoms with van der Waals surface area (Å²) in [5.41, 5.74) is 0.631. The van der Waals surface area contributed by atoms with Crippen molar-refractivity contribution in [1.82, 2.24) is 10.6 Å². The minimum Gasteiger partial charge on any atom is -0.356 e. The van der Waals surface area contributed by atoms with Crippen LogP contribution in [0.5, 0.6) is 0 Å². The first-order chi connectivity index (χ1) is 10.2. The summed E-state index contributed by atoms with van der Waals surface area (Å²) in [6.45, 7) is 3.38. The van der Waals surface area contributed by atoms with Crippen LogP contribution in [0.2, 0.25) is 0 Å². The van der Waals surface area contributed by atoms with E-state index in [1.165, 1.54) is 10.9 Å². The predicted octanol–water partition coefficient (Wildman–Crippen LogP) is 3.36. The van der Waals surface area contributed by atoms with Crippen molar-refractivity contribution in [3.05, 3.63) is 58.0 Å². The van der Waals surface area contributed by atoms with Crippen LogP contribution in [0.3, 0.4) is 0 Å². The number of rotatable bonds is 5. The molecule has 0 bridgehead atoms. The van der Waals surface area contributed by atoms with Gasteiger partial charge in [0, 0.05) is 36.5 Å². The molecule has 0 aliphatic heterocycles. The van der Waals surface area contributed by atoms with Crippen molar-refractivity contribution in [1.29, 1.82) is 0 Å². The number of benzene rings is 1. The largest absolute Gasteiger partial charge is 0.356 e. The maximum absolute atomic E-state index is 13.5. The van der Waals surface area contributed by atoms with Gasteiger partial charge in [0.2, 0.25) is 0 Å². The molecule has 2 N–H and O–H groups in total. The maximum Gasteiger partial charge on any atom is 0.191 e. The van der Waals surface area contributed by atoms with E-state index in [9.17, 15) is 4.39 Å². The van der Waals surface area contributed by atoms with Crippen molar-refractivity contribution in [3.63, 3.8) is 0 Å². The Labute approximate surface area is 128 Å². The van der Waals surface area contributed by atoms with Gasteiger partial charge in [-0.05, 0) is 17.5 Å². The van der Waals surface area contributed by atoms with E-state index >= 15 is 0 Å². The first kappa shape index (κ1) is 15.5. The van der Waals surface area contributed by atoms with E-state index in [-0.39, 0.29) is 5.82 Å². The summed E-state index contributed by atoms with van der Waals surface area (Å²) < 4.78 is 13.5. The Balaban J connectivity index is 1.83. The van der Waals surface area contributed by atoms with Crippen LogP contribution >= 0.6 is 11.3 Å². The average molecular weight is 305 g/mol. The lowest BCUT2D eigenvalue weighted by Crippen LogP contribution is -2.38. The van der Waals surface area contributed by atoms with E-state index in [1.807, 2.05) is 6.07 Å². The quantitative estimate of drug-likeness (QED) is 0.656. The Morgan fingerprint density at radius 2 is 2.05 bits per heavy atom. The predicted molar refractivity (Wildman–Crippen MR) is 87.3 cm³/mol. The van der Waals surface area contributed by atoms with Gasteiger partial charge in [-0.2, -0.15) is 0 Å². The molecule has 0 amide bonds. The standard InChI is InChI=1S/C16H20FN3S/c1-12(15-8-5-9-21-15)10-19-16(18-2)20-11-13-6-3-4-7-14(13)17/h3-9,12H,10-11H2,1-2H3,(H2,18,19,20). The molecule has 0 aliphatic carbocycles.